The van der Waals surface area contributed by atoms with Gasteiger partial charge in [-0.1, -0.05) is 29.3 Å². The number of rotatable bonds is 3. The number of carbonyl (C=O) groups excluding carboxylic acids is 2. The lowest BCUT2D eigenvalue weighted by Gasteiger charge is -2.18. The smallest absolute Gasteiger partial charge is 0.229 e. The van der Waals surface area contributed by atoms with Crippen LogP contribution in [0.25, 0.3) is 0 Å². The molecule has 1 aliphatic rings. The quantitative estimate of drug-likeness (QED) is 0.850. The zero-order valence-electron chi connectivity index (χ0n) is 14.0. The summed E-state index contributed by atoms with van der Waals surface area (Å²) in [4.78, 5) is 26.4. The predicted molar refractivity (Wildman–Crippen MR) is 101 cm³/mol. The molecule has 0 radical (unpaired) electrons. The molecular formula is C19H18Cl2N2O2. The first-order valence-corrected chi connectivity index (χ1v) is 8.73. The van der Waals surface area contributed by atoms with E-state index in [0.29, 0.717) is 15.7 Å². The molecule has 25 heavy (non-hydrogen) atoms. The van der Waals surface area contributed by atoms with Crippen LogP contribution in [0.5, 0.6) is 0 Å². The van der Waals surface area contributed by atoms with Gasteiger partial charge < -0.3 is 10.2 Å². The van der Waals surface area contributed by atoms with Crippen molar-refractivity contribution in [3.63, 3.8) is 0 Å². The highest BCUT2D eigenvalue weighted by molar-refractivity contribution is 6.36. The summed E-state index contributed by atoms with van der Waals surface area (Å²) < 4.78 is 0. The second-order valence-corrected chi connectivity index (χ2v) is 7.21. The molecule has 1 fully saturated rings. The first-order valence-electron chi connectivity index (χ1n) is 7.98. The molecule has 2 aromatic rings. The van der Waals surface area contributed by atoms with E-state index in [0.717, 1.165) is 16.8 Å². The summed E-state index contributed by atoms with van der Waals surface area (Å²) in [6.07, 6.45) is 0.152. The minimum atomic E-state index is -0.427. The van der Waals surface area contributed by atoms with Crippen LogP contribution >= 0.6 is 23.2 Å². The molecule has 1 N–H and O–H groups in total. The molecule has 0 aliphatic carbocycles. The fourth-order valence-corrected chi connectivity index (χ4v) is 3.49. The van der Waals surface area contributed by atoms with E-state index < -0.39 is 5.92 Å². The number of nitrogens with one attached hydrogen (secondary N) is 1. The van der Waals surface area contributed by atoms with E-state index in [4.69, 9.17) is 23.2 Å². The number of amides is 2. The van der Waals surface area contributed by atoms with E-state index in [-0.39, 0.29) is 24.8 Å². The Hall–Kier alpha value is -2.04. The summed E-state index contributed by atoms with van der Waals surface area (Å²) in [5.74, 6) is -0.730. The Morgan fingerprint density at radius 2 is 1.80 bits per heavy atom. The third-order valence-electron chi connectivity index (χ3n) is 4.18. The van der Waals surface area contributed by atoms with Gasteiger partial charge in [-0.05, 0) is 55.3 Å². The fourth-order valence-electron chi connectivity index (χ4n) is 3.10. The lowest BCUT2D eigenvalue weighted by Crippen LogP contribution is -2.28. The number of anilines is 2. The summed E-state index contributed by atoms with van der Waals surface area (Å²) >= 11 is 12.2. The second-order valence-electron chi connectivity index (χ2n) is 6.37. The molecule has 0 unspecified atom stereocenters. The Kier molecular flexibility index (Phi) is 5.02. The summed E-state index contributed by atoms with van der Waals surface area (Å²) in [5, 5.41) is 3.84. The van der Waals surface area contributed by atoms with E-state index in [1.165, 1.54) is 4.90 Å². The standard InChI is InChI=1S/C19H18Cl2N2O2/c1-11-5-12(2)7-15(6-11)22-19(25)13-8-18(24)23(10-13)17-9-14(20)3-4-16(17)21/h3-7,9,13H,8,10H2,1-2H3,(H,22,25)/t13-/m0/s1. The summed E-state index contributed by atoms with van der Waals surface area (Å²) in [6, 6.07) is 10.8. The van der Waals surface area contributed by atoms with Crippen molar-refractivity contribution in [2.24, 2.45) is 5.92 Å². The van der Waals surface area contributed by atoms with Crippen LogP contribution in [0, 0.1) is 19.8 Å². The highest BCUT2D eigenvalue weighted by Gasteiger charge is 2.36. The number of benzene rings is 2. The monoisotopic (exact) mass is 376 g/mol. The molecule has 0 aromatic heterocycles. The van der Waals surface area contributed by atoms with Gasteiger partial charge in [0.25, 0.3) is 0 Å². The van der Waals surface area contributed by atoms with Crippen molar-refractivity contribution in [2.45, 2.75) is 20.3 Å². The Bertz CT molecular complexity index is 831. The van der Waals surface area contributed by atoms with Gasteiger partial charge in [0.15, 0.2) is 0 Å². The molecule has 3 rings (SSSR count). The number of nitrogens with zero attached hydrogens (tertiary/aromatic N) is 1. The first-order chi connectivity index (χ1) is 11.8. The van der Waals surface area contributed by atoms with Crippen LogP contribution in [0.15, 0.2) is 36.4 Å². The summed E-state index contributed by atoms with van der Waals surface area (Å²) in [6.45, 7) is 4.24. The largest absolute Gasteiger partial charge is 0.326 e. The van der Waals surface area contributed by atoms with Gasteiger partial charge in [-0.15, -0.1) is 0 Å². The van der Waals surface area contributed by atoms with E-state index in [1.807, 2.05) is 32.0 Å². The number of halogens is 2. The molecule has 1 heterocycles. The third-order valence-corrected chi connectivity index (χ3v) is 4.74. The van der Waals surface area contributed by atoms with E-state index in [2.05, 4.69) is 5.32 Å². The van der Waals surface area contributed by atoms with E-state index >= 15 is 0 Å². The van der Waals surface area contributed by atoms with Crippen molar-refractivity contribution in [2.75, 3.05) is 16.8 Å². The highest BCUT2D eigenvalue weighted by Crippen LogP contribution is 2.33. The van der Waals surface area contributed by atoms with Gasteiger partial charge in [0.1, 0.15) is 0 Å². The summed E-state index contributed by atoms with van der Waals surface area (Å²) in [5.41, 5.74) is 3.44. The minimum absolute atomic E-state index is 0.135. The van der Waals surface area contributed by atoms with Gasteiger partial charge in [0, 0.05) is 23.7 Å². The zero-order valence-corrected chi connectivity index (χ0v) is 15.5. The van der Waals surface area contributed by atoms with Crippen molar-refractivity contribution in [1.82, 2.24) is 0 Å². The maximum atomic E-state index is 12.6. The van der Waals surface area contributed by atoms with Gasteiger partial charge in [-0.2, -0.15) is 0 Å². The molecule has 0 saturated carbocycles. The number of hydrogen-bond donors (Lipinski definition) is 1. The van der Waals surface area contributed by atoms with Crippen molar-refractivity contribution in [1.29, 1.82) is 0 Å². The lowest BCUT2D eigenvalue weighted by atomic mass is 10.1. The zero-order chi connectivity index (χ0) is 18.1. The normalized spacial score (nSPS) is 17.0. The van der Waals surface area contributed by atoms with E-state index in [1.54, 1.807) is 18.2 Å². The molecule has 4 nitrogen and oxygen atoms in total. The van der Waals surface area contributed by atoms with Gasteiger partial charge in [-0.25, -0.2) is 0 Å². The third kappa shape index (κ3) is 3.97. The SMILES string of the molecule is Cc1cc(C)cc(NC(=O)[C@H]2CC(=O)N(c3cc(Cl)ccc3Cl)C2)c1. The van der Waals surface area contributed by atoms with Gasteiger partial charge in [-0.3, -0.25) is 9.59 Å². The topological polar surface area (TPSA) is 49.4 Å². The average Bonchev–Trinajstić information content (AvgIpc) is 2.90. The van der Waals surface area contributed by atoms with Gasteiger partial charge >= 0.3 is 0 Å². The maximum Gasteiger partial charge on any atom is 0.229 e. The molecule has 1 aliphatic heterocycles. The van der Waals surface area contributed by atoms with Crippen molar-refractivity contribution in [3.05, 3.63) is 57.6 Å². The summed E-state index contributed by atoms with van der Waals surface area (Å²) in [7, 11) is 0. The molecule has 130 valence electrons. The van der Waals surface area contributed by atoms with Crippen LogP contribution < -0.4 is 10.2 Å². The molecule has 1 atom stereocenters. The van der Waals surface area contributed by atoms with Crippen LogP contribution in [-0.4, -0.2) is 18.4 Å². The van der Waals surface area contributed by atoms with E-state index in [9.17, 15) is 9.59 Å². The van der Waals surface area contributed by atoms with Gasteiger partial charge in [0.2, 0.25) is 11.8 Å². The van der Waals surface area contributed by atoms with Crippen LogP contribution in [0.1, 0.15) is 17.5 Å². The highest BCUT2D eigenvalue weighted by atomic mass is 35.5. The Morgan fingerprint density at radius 1 is 1.12 bits per heavy atom. The second kappa shape index (κ2) is 7.06. The molecule has 0 bridgehead atoms. The molecule has 0 spiro atoms. The van der Waals surface area contributed by atoms with Crippen LogP contribution in [0.4, 0.5) is 11.4 Å². The van der Waals surface area contributed by atoms with Crippen molar-refractivity contribution < 1.29 is 9.59 Å². The Labute approximate surface area is 156 Å². The van der Waals surface area contributed by atoms with Gasteiger partial charge in [0.05, 0.1) is 16.6 Å². The van der Waals surface area contributed by atoms with Crippen molar-refractivity contribution in [3.8, 4) is 0 Å². The Balaban J connectivity index is 1.75. The van der Waals surface area contributed by atoms with Crippen LogP contribution in [0.3, 0.4) is 0 Å². The molecule has 6 heteroatoms. The molecule has 2 aromatic carbocycles. The van der Waals surface area contributed by atoms with Crippen molar-refractivity contribution >= 4 is 46.4 Å². The lowest BCUT2D eigenvalue weighted by molar-refractivity contribution is -0.122. The molecule has 1 saturated heterocycles. The molecular weight excluding hydrogens is 359 g/mol. The molecule has 2 amide bonds. The minimum Gasteiger partial charge on any atom is -0.326 e. The first kappa shape index (κ1) is 17.8. The fraction of sp³-hybridized carbons (Fsp3) is 0.263. The maximum absolute atomic E-state index is 12.6. The average molecular weight is 377 g/mol. The van der Waals surface area contributed by atoms with Crippen LogP contribution in [-0.2, 0) is 9.59 Å². The van der Waals surface area contributed by atoms with Crippen LogP contribution in [0.2, 0.25) is 10.0 Å². The Morgan fingerprint density at radius 3 is 2.48 bits per heavy atom. The number of carbonyl (C=O) groups is 2. The predicted octanol–water partition coefficient (Wildman–Crippen LogP) is 4.60. The number of hydrogen-bond acceptors (Lipinski definition) is 2. The number of aryl methyl sites for hydroxylation is 2.